The van der Waals surface area contributed by atoms with E-state index in [4.69, 9.17) is 0 Å². The van der Waals surface area contributed by atoms with Crippen molar-refractivity contribution in [3.8, 4) is 0 Å². The molecular weight excluding hydrogens is 328 g/mol. The molecule has 130 valence electrons. The van der Waals surface area contributed by atoms with E-state index in [2.05, 4.69) is 97.1 Å². The fraction of sp³-hybridized carbons (Fsp3) is 0.120. The number of nitrogens with zero attached hydrogens (tertiary/aromatic N) is 2. The van der Waals surface area contributed by atoms with Crippen molar-refractivity contribution in [3.63, 3.8) is 0 Å². The van der Waals surface area contributed by atoms with Crippen LogP contribution in [0, 0.1) is 6.92 Å². The van der Waals surface area contributed by atoms with E-state index in [1.807, 2.05) is 0 Å². The van der Waals surface area contributed by atoms with Gasteiger partial charge in [0.1, 0.15) is 0 Å². The number of hydrogen-bond donors (Lipinski definition) is 0. The third-order valence-corrected chi connectivity index (χ3v) is 6.15. The molecule has 0 bridgehead atoms. The topological polar surface area (TPSA) is 9.86 Å². The highest BCUT2D eigenvalue weighted by Crippen LogP contribution is 2.35. The van der Waals surface area contributed by atoms with Crippen molar-refractivity contribution in [2.75, 3.05) is 0 Å². The summed E-state index contributed by atoms with van der Waals surface area (Å²) in [5.74, 6) is 0. The van der Waals surface area contributed by atoms with Gasteiger partial charge in [-0.25, -0.2) is 0 Å². The van der Waals surface area contributed by atoms with E-state index in [1.54, 1.807) is 0 Å². The first-order valence-corrected chi connectivity index (χ1v) is 9.40. The molecule has 2 aromatic heterocycles. The Morgan fingerprint density at radius 2 is 1.22 bits per heavy atom. The lowest BCUT2D eigenvalue weighted by atomic mass is 9.95. The summed E-state index contributed by atoms with van der Waals surface area (Å²) in [6, 6.07) is 20.6. The van der Waals surface area contributed by atoms with Crippen LogP contribution < -0.4 is 0 Å². The van der Waals surface area contributed by atoms with Crippen molar-refractivity contribution in [3.05, 3.63) is 72.6 Å². The van der Waals surface area contributed by atoms with E-state index in [9.17, 15) is 0 Å². The summed E-state index contributed by atoms with van der Waals surface area (Å²) in [6.45, 7) is 2.19. The SMILES string of the molecule is Cc1cn(C)c2cc3c(ccc4c5cc6c(ccn6C)cc5ccc34)cc12. The van der Waals surface area contributed by atoms with E-state index in [0.717, 1.165) is 0 Å². The van der Waals surface area contributed by atoms with Gasteiger partial charge in [-0.15, -0.1) is 0 Å². The predicted molar refractivity (Wildman–Crippen MR) is 117 cm³/mol. The molecule has 0 atom stereocenters. The Morgan fingerprint density at radius 1 is 0.556 bits per heavy atom. The number of aromatic nitrogens is 2. The van der Waals surface area contributed by atoms with Crippen molar-refractivity contribution in [2.24, 2.45) is 14.1 Å². The first-order valence-electron chi connectivity index (χ1n) is 9.40. The fourth-order valence-corrected chi connectivity index (χ4v) is 4.71. The Labute approximate surface area is 157 Å². The highest BCUT2D eigenvalue weighted by Gasteiger charge is 2.10. The van der Waals surface area contributed by atoms with Gasteiger partial charge in [0.05, 0.1) is 0 Å². The molecule has 2 nitrogen and oxygen atoms in total. The average Bonchev–Trinajstić information content (AvgIpc) is 3.17. The molecule has 0 fully saturated rings. The van der Waals surface area contributed by atoms with Gasteiger partial charge in [0.15, 0.2) is 0 Å². The minimum atomic E-state index is 1.28. The summed E-state index contributed by atoms with van der Waals surface area (Å²) in [5.41, 5.74) is 3.91. The average molecular weight is 348 g/mol. The molecule has 0 aliphatic rings. The summed E-state index contributed by atoms with van der Waals surface area (Å²) < 4.78 is 4.43. The monoisotopic (exact) mass is 348 g/mol. The molecule has 0 spiro atoms. The van der Waals surface area contributed by atoms with Gasteiger partial charge in [0, 0.05) is 48.3 Å². The third-order valence-electron chi connectivity index (χ3n) is 6.15. The Hall–Kier alpha value is -3.26. The Bertz CT molecular complexity index is 1540. The maximum Gasteiger partial charge on any atom is 0.0487 e. The molecule has 6 aromatic rings. The number of benzene rings is 4. The van der Waals surface area contributed by atoms with Gasteiger partial charge < -0.3 is 9.13 Å². The van der Waals surface area contributed by atoms with Crippen LogP contribution in [0.2, 0.25) is 0 Å². The molecule has 0 aliphatic heterocycles. The van der Waals surface area contributed by atoms with Gasteiger partial charge >= 0.3 is 0 Å². The van der Waals surface area contributed by atoms with Crippen LogP contribution in [-0.2, 0) is 14.1 Å². The van der Waals surface area contributed by atoms with Gasteiger partial charge in [-0.05, 0) is 75.1 Å². The number of fused-ring (bicyclic) bond motifs is 7. The lowest BCUT2D eigenvalue weighted by Crippen LogP contribution is -1.87. The molecule has 2 heterocycles. The van der Waals surface area contributed by atoms with Gasteiger partial charge in [0.2, 0.25) is 0 Å². The Balaban J connectivity index is 1.81. The highest BCUT2D eigenvalue weighted by molar-refractivity contribution is 6.20. The van der Waals surface area contributed by atoms with E-state index in [1.165, 1.54) is 59.7 Å². The zero-order valence-electron chi connectivity index (χ0n) is 15.7. The minimum Gasteiger partial charge on any atom is -0.351 e. The summed E-state index contributed by atoms with van der Waals surface area (Å²) in [7, 11) is 4.25. The molecule has 0 radical (unpaired) electrons. The maximum atomic E-state index is 2.35. The maximum absolute atomic E-state index is 2.35. The normalized spacial score (nSPS) is 12.3. The van der Waals surface area contributed by atoms with Crippen LogP contribution >= 0.6 is 0 Å². The van der Waals surface area contributed by atoms with Crippen LogP contribution in [-0.4, -0.2) is 9.13 Å². The Morgan fingerprint density at radius 3 is 1.96 bits per heavy atom. The molecular formula is C25H20N2. The van der Waals surface area contributed by atoms with E-state index in [-0.39, 0.29) is 0 Å². The lowest BCUT2D eigenvalue weighted by Gasteiger charge is -2.10. The smallest absolute Gasteiger partial charge is 0.0487 e. The van der Waals surface area contributed by atoms with Crippen LogP contribution in [0.3, 0.4) is 0 Å². The first kappa shape index (κ1) is 14.9. The highest BCUT2D eigenvalue weighted by atomic mass is 14.9. The second kappa shape index (κ2) is 4.92. The number of aryl methyl sites for hydroxylation is 3. The number of hydrogen-bond acceptors (Lipinski definition) is 0. The van der Waals surface area contributed by atoms with Gasteiger partial charge in [-0.3, -0.25) is 0 Å². The van der Waals surface area contributed by atoms with Crippen molar-refractivity contribution >= 4 is 54.1 Å². The predicted octanol–water partition coefficient (Wildman–Crippen LogP) is 6.44. The van der Waals surface area contributed by atoms with Crippen molar-refractivity contribution in [1.82, 2.24) is 9.13 Å². The van der Waals surface area contributed by atoms with E-state index in [0.29, 0.717) is 0 Å². The van der Waals surface area contributed by atoms with Crippen LogP contribution in [0.25, 0.3) is 54.1 Å². The second-order valence-corrected chi connectivity index (χ2v) is 7.80. The van der Waals surface area contributed by atoms with Gasteiger partial charge in [-0.1, -0.05) is 24.3 Å². The third kappa shape index (κ3) is 1.90. The molecule has 0 saturated carbocycles. The molecule has 2 heteroatoms. The van der Waals surface area contributed by atoms with Crippen molar-refractivity contribution in [2.45, 2.75) is 6.92 Å². The van der Waals surface area contributed by atoms with Crippen LogP contribution in [0.5, 0.6) is 0 Å². The molecule has 0 aliphatic carbocycles. The fourth-order valence-electron chi connectivity index (χ4n) is 4.71. The quantitative estimate of drug-likeness (QED) is 0.280. The molecule has 0 saturated heterocycles. The summed E-state index contributed by atoms with van der Waals surface area (Å²) in [5, 5.41) is 10.6. The summed E-state index contributed by atoms with van der Waals surface area (Å²) in [6.07, 6.45) is 4.35. The summed E-state index contributed by atoms with van der Waals surface area (Å²) in [4.78, 5) is 0. The molecule has 0 amide bonds. The van der Waals surface area contributed by atoms with Crippen molar-refractivity contribution < 1.29 is 0 Å². The summed E-state index contributed by atoms with van der Waals surface area (Å²) >= 11 is 0. The van der Waals surface area contributed by atoms with Gasteiger partial charge in [0.25, 0.3) is 0 Å². The van der Waals surface area contributed by atoms with Gasteiger partial charge in [-0.2, -0.15) is 0 Å². The molecule has 4 aromatic carbocycles. The van der Waals surface area contributed by atoms with Crippen molar-refractivity contribution in [1.29, 1.82) is 0 Å². The molecule has 6 rings (SSSR count). The molecule has 0 N–H and O–H groups in total. The number of rotatable bonds is 0. The lowest BCUT2D eigenvalue weighted by molar-refractivity contribution is 0.965. The molecule has 0 unspecified atom stereocenters. The standard InChI is InChI=1S/C25H20N2/c1-15-14-27(3)25-13-23-17(11-21(15)25)5-7-19-20(23)6-4-16-10-18-8-9-26(2)24(18)12-22(16)19/h4-14H,1-3H3. The Kier molecular flexibility index (Phi) is 2.71. The molecule has 27 heavy (non-hydrogen) atoms. The zero-order chi connectivity index (χ0) is 18.3. The van der Waals surface area contributed by atoms with Crippen LogP contribution in [0.4, 0.5) is 0 Å². The van der Waals surface area contributed by atoms with E-state index < -0.39 is 0 Å². The first-order chi connectivity index (χ1) is 13.1. The zero-order valence-corrected chi connectivity index (χ0v) is 15.7. The van der Waals surface area contributed by atoms with E-state index >= 15 is 0 Å². The largest absolute Gasteiger partial charge is 0.351 e. The van der Waals surface area contributed by atoms with Crippen LogP contribution in [0.1, 0.15) is 5.56 Å². The van der Waals surface area contributed by atoms with Crippen LogP contribution in [0.15, 0.2) is 67.0 Å². The second-order valence-electron chi connectivity index (χ2n) is 7.80. The minimum absolute atomic E-state index is 1.28.